The van der Waals surface area contributed by atoms with Crippen molar-refractivity contribution in [3.8, 4) is 0 Å². The summed E-state index contributed by atoms with van der Waals surface area (Å²) in [7, 11) is -3.65. The van der Waals surface area contributed by atoms with Crippen LogP contribution < -0.4 is 4.72 Å². The van der Waals surface area contributed by atoms with Crippen molar-refractivity contribution in [1.82, 2.24) is 14.5 Å². The summed E-state index contributed by atoms with van der Waals surface area (Å²) in [6.45, 7) is 7.37. The van der Waals surface area contributed by atoms with Gasteiger partial charge in [-0.25, -0.2) is 13.1 Å². The number of carbonyl (C=O) groups excluding carboxylic acids is 1. The zero-order valence-corrected chi connectivity index (χ0v) is 14.7. The predicted octanol–water partition coefficient (Wildman–Crippen LogP) is 1.48. The summed E-state index contributed by atoms with van der Waals surface area (Å²) >= 11 is 0. The Bertz CT molecular complexity index is 648. The van der Waals surface area contributed by atoms with Crippen molar-refractivity contribution in [2.45, 2.75) is 51.8 Å². The molecule has 0 spiro atoms. The molecule has 1 saturated heterocycles. The summed E-state index contributed by atoms with van der Waals surface area (Å²) in [5.41, 5.74) is 0.997. The fraction of sp³-hybridized carbons (Fsp3) is 0.733. The van der Waals surface area contributed by atoms with Gasteiger partial charge in [-0.15, -0.1) is 0 Å². The highest BCUT2D eigenvalue weighted by atomic mass is 32.2. The summed E-state index contributed by atoms with van der Waals surface area (Å²) in [5, 5.41) is 3.64. The molecule has 23 heavy (non-hydrogen) atoms. The zero-order valence-electron chi connectivity index (χ0n) is 13.9. The van der Waals surface area contributed by atoms with Crippen LogP contribution in [0.15, 0.2) is 6.20 Å². The van der Waals surface area contributed by atoms with Crippen molar-refractivity contribution in [2.75, 3.05) is 13.2 Å². The van der Waals surface area contributed by atoms with Crippen LogP contribution >= 0.6 is 0 Å². The SMILES string of the molecule is CC[C@H](C)S(=O)(=O)NC(=O)c1cnn(CC2CCOCC2)c1C. The van der Waals surface area contributed by atoms with E-state index in [2.05, 4.69) is 9.82 Å². The average Bonchev–Trinajstić information content (AvgIpc) is 2.88. The maximum atomic E-state index is 12.2. The van der Waals surface area contributed by atoms with Crippen molar-refractivity contribution in [2.24, 2.45) is 5.92 Å². The first-order valence-corrected chi connectivity index (χ1v) is 9.56. The van der Waals surface area contributed by atoms with Gasteiger partial charge in [0, 0.05) is 25.5 Å². The predicted molar refractivity (Wildman–Crippen MR) is 86.6 cm³/mol. The fourth-order valence-corrected chi connectivity index (χ4v) is 3.54. The van der Waals surface area contributed by atoms with E-state index in [0.717, 1.165) is 32.6 Å². The maximum absolute atomic E-state index is 12.2. The van der Waals surface area contributed by atoms with Crippen LogP contribution in [0.1, 0.15) is 49.2 Å². The highest BCUT2D eigenvalue weighted by Crippen LogP contribution is 2.18. The lowest BCUT2D eigenvalue weighted by Crippen LogP contribution is -2.37. The molecule has 0 radical (unpaired) electrons. The summed E-state index contributed by atoms with van der Waals surface area (Å²) in [5.74, 6) is -0.136. The molecule has 1 atom stereocenters. The molecule has 0 aliphatic carbocycles. The molecule has 1 amide bonds. The lowest BCUT2D eigenvalue weighted by atomic mass is 10.0. The van der Waals surface area contributed by atoms with Gasteiger partial charge in [0.25, 0.3) is 5.91 Å². The standard InChI is InChI=1S/C15H25N3O4S/c1-4-11(2)23(20,21)17-15(19)14-9-16-18(12(14)3)10-13-5-7-22-8-6-13/h9,11,13H,4-8,10H2,1-3H3,(H,17,19)/t11-/m0/s1. The van der Waals surface area contributed by atoms with Crippen molar-refractivity contribution < 1.29 is 17.9 Å². The maximum Gasteiger partial charge on any atom is 0.268 e. The number of carbonyl (C=O) groups is 1. The second-order valence-electron chi connectivity index (χ2n) is 6.08. The Labute approximate surface area is 137 Å². The molecular weight excluding hydrogens is 318 g/mol. The molecule has 0 bridgehead atoms. The molecule has 1 fully saturated rings. The smallest absolute Gasteiger partial charge is 0.268 e. The number of hydrogen-bond donors (Lipinski definition) is 1. The third kappa shape index (κ3) is 4.32. The van der Waals surface area contributed by atoms with Crippen LogP contribution in [-0.4, -0.2) is 42.6 Å². The normalized spacial score (nSPS) is 17.9. The van der Waals surface area contributed by atoms with Crippen LogP contribution in [0.4, 0.5) is 0 Å². The zero-order chi connectivity index (χ0) is 17.0. The number of hydrogen-bond acceptors (Lipinski definition) is 5. The van der Waals surface area contributed by atoms with Crippen LogP contribution in [0.3, 0.4) is 0 Å². The Morgan fingerprint density at radius 3 is 2.74 bits per heavy atom. The Morgan fingerprint density at radius 2 is 2.13 bits per heavy atom. The van der Waals surface area contributed by atoms with Crippen LogP contribution in [-0.2, 0) is 21.3 Å². The van der Waals surface area contributed by atoms with Gasteiger partial charge < -0.3 is 4.74 Å². The summed E-state index contributed by atoms with van der Waals surface area (Å²) < 4.78 is 33.3. The number of aromatic nitrogens is 2. The van der Waals surface area contributed by atoms with Gasteiger partial charge in [-0.3, -0.25) is 9.48 Å². The second kappa shape index (κ2) is 7.44. The third-order valence-electron chi connectivity index (χ3n) is 4.46. The van der Waals surface area contributed by atoms with Crippen LogP contribution in [0, 0.1) is 12.8 Å². The number of rotatable bonds is 6. The number of amides is 1. The van der Waals surface area contributed by atoms with Crippen molar-refractivity contribution >= 4 is 15.9 Å². The molecule has 1 aromatic rings. The van der Waals surface area contributed by atoms with Gasteiger partial charge in [-0.2, -0.15) is 5.10 Å². The Morgan fingerprint density at radius 1 is 1.48 bits per heavy atom. The molecule has 1 aliphatic heterocycles. The van der Waals surface area contributed by atoms with Gasteiger partial charge in [0.05, 0.1) is 17.0 Å². The monoisotopic (exact) mass is 343 g/mol. The van der Waals surface area contributed by atoms with Gasteiger partial charge in [0.2, 0.25) is 10.0 Å². The first-order valence-electron chi connectivity index (χ1n) is 8.01. The van der Waals surface area contributed by atoms with Gasteiger partial charge in [0.1, 0.15) is 0 Å². The van der Waals surface area contributed by atoms with Crippen LogP contribution in [0.25, 0.3) is 0 Å². The number of sulfonamides is 1. The second-order valence-corrected chi connectivity index (χ2v) is 8.18. The molecule has 7 nitrogen and oxygen atoms in total. The quantitative estimate of drug-likeness (QED) is 0.845. The van der Waals surface area contributed by atoms with E-state index in [-0.39, 0.29) is 0 Å². The molecule has 1 N–H and O–H groups in total. The highest BCUT2D eigenvalue weighted by molar-refractivity contribution is 7.90. The lowest BCUT2D eigenvalue weighted by Gasteiger charge is -2.22. The molecule has 8 heteroatoms. The van der Waals surface area contributed by atoms with E-state index in [1.807, 2.05) is 0 Å². The molecule has 1 aromatic heterocycles. The van der Waals surface area contributed by atoms with Gasteiger partial charge in [-0.05, 0) is 39.0 Å². The topological polar surface area (TPSA) is 90.3 Å². The lowest BCUT2D eigenvalue weighted by molar-refractivity contribution is 0.0599. The van der Waals surface area contributed by atoms with Crippen molar-refractivity contribution in [1.29, 1.82) is 0 Å². The van der Waals surface area contributed by atoms with Gasteiger partial charge >= 0.3 is 0 Å². The average molecular weight is 343 g/mol. The van der Waals surface area contributed by atoms with E-state index < -0.39 is 21.2 Å². The van der Waals surface area contributed by atoms with E-state index in [4.69, 9.17) is 4.74 Å². The molecule has 1 aliphatic rings. The number of nitrogens with one attached hydrogen (secondary N) is 1. The van der Waals surface area contributed by atoms with E-state index in [9.17, 15) is 13.2 Å². The number of ether oxygens (including phenoxy) is 1. The van der Waals surface area contributed by atoms with Crippen molar-refractivity contribution in [3.05, 3.63) is 17.5 Å². The molecular formula is C15H25N3O4S. The minimum atomic E-state index is -3.65. The largest absolute Gasteiger partial charge is 0.381 e. The summed E-state index contributed by atoms with van der Waals surface area (Å²) in [4.78, 5) is 12.2. The minimum Gasteiger partial charge on any atom is -0.381 e. The Balaban J connectivity index is 2.07. The summed E-state index contributed by atoms with van der Waals surface area (Å²) in [6.07, 6.45) is 3.84. The van der Waals surface area contributed by atoms with E-state index in [1.165, 1.54) is 6.20 Å². The first kappa shape index (κ1) is 17.9. The molecule has 0 aromatic carbocycles. The minimum absolute atomic E-state index is 0.309. The molecule has 130 valence electrons. The number of nitrogens with zero attached hydrogens (tertiary/aromatic N) is 2. The molecule has 0 saturated carbocycles. The van der Waals surface area contributed by atoms with Crippen LogP contribution in [0.2, 0.25) is 0 Å². The molecule has 2 heterocycles. The highest BCUT2D eigenvalue weighted by Gasteiger charge is 2.25. The summed E-state index contributed by atoms with van der Waals surface area (Å²) in [6, 6.07) is 0. The van der Waals surface area contributed by atoms with E-state index in [0.29, 0.717) is 23.6 Å². The fourth-order valence-electron chi connectivity index (χ4n) is 2.53. The van der Waals surface area contributed by atoms with Gasteiger partial charge in [-0.1, -0.05) is 6.92 Å². The van der Waals surface area contributed by atoms with E-state index >= 15 is 0 Å². The van der Waals surface area contributed by atoms with Crippen molar-refractivity contribution in [3.63, 3.8) is 0 Å². The Kier molecular flexibility index (Phi) is 5.80. The third-order valence-corrected chi connectivity index (χ3v) is 6.32. The molecule has 0 unspecified atom stereocenters. The first-order chi connectivity index (χ1) is 10.8. The van der Waals surface area contributed by atoms with Gasteiger partial charge in [0.15, 0.2) is 0 Å². The Hall–Kier alpha value is -1.41. The van der Waals surface area contributed by atoms with Crippen LogP contribution in [0.5, 0.6) is 0 Å². The van der Waals surface area contributed by atoms with E-state index in [1.54, 1.807) is 25.5 Å². The molecule has 2 rings (SSSR count).